The maximum Gasteiger partial charge on any atom is 0.586 e. The number of aromatic nitrogens is 2. The Morgan fingerprint density at radius 3 is 2.39 bits per heavy atom. The summed E-state index contributed by atoms with van der Waals surface area (Å²) < 4.78 is 36.3. The highest BCUT2D eigenvalue weighted by molar-refractivity contribution is 5.79. The summed E-state index contributed by atoms with van der Waals surface area (Å²) in [4.78, 5) is 9.15. The summed E-state index contributed by atoms with van der Waals surface area (Å²) in [6.07, 6.45) is 3.58. The first-order chi connectivity index (χ1) is 13.6. The molecule has 0 radical (unpaired) electrons. The van der Waals surface area contributed by atoms with Crippen molar-refractivity contribution in [2.45, 2.75) is 24.6 Å². The molecule has 0 amide bonds. The summed E-state index contributed by atoms with van der Waals surface area (Å²) >= 11 is 0. The minimum atomic E-state index is -3.64. The first kappa shape index (κ1) is 16.9. The van der Waals surface area contributed by atoms with Gasteiger partial charge in [-0.2, -0.15) is 0 Å². The van der Waals surface area contributed by atoms with Crippen molar-refractivity contribution in [1.82, 2.24) is 9.97 Å². The van der Waals surface area contributed by atoms with Gasteiger partial charge in [0.05, 0.1) is 16.8 Å². The van der Waals surface area contributed by atoms with Gasteiger partial charge in [-0.25, -0.2) is 0 Å². The molecule has 0 spiro atoms. The number of hydrogen-bond acceptors (Lipinski definition) is 4. The number of hydrogen-bond donors (Lipinski definition) is 0. The molecule has 2 aromatic heterocycles. The average molecular weight is 378 g/mol. The van der Waals surface area contributed by atoms with E-state index in [-0.39, 0.29) is 11.5 Å². The van der Waals surface area contributed by atoms with Gasteiger partial charge in [-0.15, -0.1) is 8.78 Å². The van der Waals surface area contributed by atoms with E-state index in [1.807, 2.05) is 36.4 Å². The topological polar surface area (TPSA) is 44.2 Å². The van der Waals surface area contributed by atoms with Crippen LogP contribution in [0.5, 0.6) is 11.5 Å². The van der Waals surface area contributed by atoms with Crippen molar-refractivity contribution in [3.63, 3.8) is 0 Å². The lowest BCUT2D eigenvalue weighted by Crippen LogP contribution is -2.28. The zero-order valence-electron chi connectivity index (χ0n) is 14.8. The second kappa shape index (κ2) is 6.12. The fourth-order valence-electron chi connectivity index (χ4n) is 4.13. The van der Waals surface area contributed by atoms with Crippen molar-refractivity contribution in [2.24, 2.45) is 0 Å². The third-order valence-corrected chi connectivity index (χ3v) is 5.26. The Balaban J connectivity index is 1.71. The monoisotopic (exact) mass is 378 g/mol. The van der Waals surface area contributed by atoms with E-state index in [1.165, 1.54) is 6.07 Å². The van der Waals surface area contributed by atoms with E-state index < -0.39 is 11.7 Å². The van der Waals surface area contributed by atoms with E-state index in [0.29, 0.717) is 0 Å². The van der Waals surface area contributed by atoms with E-state index in [2.05, 4.69) is 20.8 Å². The normalized spacial score (nSPS) is 22.1. The number of rotatable bonds is 3. The summed E-state index contributed by atoms with van der Waals surface area (Å²) in [5.74, 6) is 0.0661. The van der Waals surface area contributed by atoms with Crippen LogP contribution in [0.4, 0.5) is 8.78 Å². The van der Waals surface area contributed by atoms with Crippen LogP contribution in [0.15, 0.2) is 73.1 Å². The molecule has 3 aromatic rings. The molecule has 140 valence electrons. The van der Waals surface area contributed by atoms with Gasteiger partial charge < -0.3 is 9.47 Å². The molecule has 1 aromatic carbocycles. The minimum absolute atomic E-state index is 0.0325. The van der Waals surface area contributed by atoms with E-state index in [9.17, 15) is 8.78 Å². The molecule has 28 heavy (non-hydrogen) atoms. The van der Waals surface area contributed by atoms with Crippen molar-refractivity contribution in [3.8, 4) is 11.5 Å². The second-order valence-corrected chi connectivity index (χ2v) is 6.82. The van der Waals surface area contributed by atoms with Gasteiger partial charge in [-0.1, -0.05) is 24.3 Å². The Morgan fingerprint density at radius 1 is 0.857 bits per heavy atom. The molecule has 0 bridgehead atoms. The van der Waals surface area contributed by atoms with Gasteiger partial charge in [0, 0.05) is 12.4 Å². The molecule has 1 aliphatic heterocycles. The van der Waals surface area contributed by atoms with Crippen molar-refractivity contribution in [2.75, 3.05) is 0 Å². The fourth-order valence-corrected chi connectivity index (χ4v) is 4.13. The van der Waals surface area contributed by atoms with Crippen molar-refractivity contribution < 1.29 is 18.3 Å². The quantitative estimate of drug-likeness (QED) is 0.646. The van der Waals surface area contributed by atoms with E-state index in [1.54, 1.807) is 24.5 Å². The molecule has 0 saturated heterocycles. The van der Waals surface area contributed by atoms with Crippen LogP contribution in [0.3, 0.4) is 0 Å². The molecule has 6 heteroatoms. The smallest absolute Gasteiger partial charge is 0.395 e. The zero-order chi connectivity index (χ0) is 19.2. The Morgan fingerprint density at radius 2 is 1.64 bits per heavy atom. The Labute approximate surface area is 160 Å². The maximum atomic E-state index is 13.5. The molecule has 0 N–H and O–H groups in total. The second-order valence-electron chi connectivity index (χ2n) is 6.82. The zero-order valence-corrected chi connectivity index (χ0v) is 14.8. The lowest BCUT2D eigenvalue weighted by Gasteiger charge is -2.33. The van der Waals surface area contributed by atoms with Crippen molar-refractivity contribution in [1.29, 1.82) is 0 Å². The van der Waals surface area contributed by atoms with Crippen molar-refractivity contribution in [3.05, 3.63) is 90.0 Å². The number of benzene rings is 1. The molecule has 5 rings (SSSR count). The molecular weight excluding hydrogens is 362 g/mol. The highest BCUT2D eigenvalue weighted by Crippen LogP contribution is 2.53. The lowest BCUT2D eigenvalue weighted by atomic mass is 9.71. The van der Waals surface area contributed by atoms with Crippen LogP contribution in [0.1, 0.15) is 29.8 Å². The number of fused-ring (bicyclic) bond motifs is 1. The van der Waals surface area contributed by atoms with Crippen LogP contribution in [-0.4, -0.2) is 16.3 Å². The van der Waals surface area contributed by atoms with Crippen molar-refractivity contribution >= 4 is 5.57 Å². The minimum Gasteiger partial charge on any atom is -0.395 e. The van der Waals surface area contributed by atoms with E-state index in [0.717, 1.165) is 35.4 Å². The van der Waals surface area contributed by atoms with Gasteiger partial charge in [0.2, 0.25) is 0 Å². The molecule has 0 fully saturated rings. The molecule has 1 atom stereocenters. The molecular formula is C22H16F2N2O2. The third kappa shape index (κ3) is 2.56. The summed E-state index contributed by atoms with van der Waals surface area (Å²) in [5, 5.41) is 0. The number of ether oxygens (including phenoxy) is 2. The number of alkyl halides is 2. The van der Waals surface area contributed by atoms with Crippen LogP contribution >= 0.6 is 0 Å². The van der Waals surface area contributed by atoms with E-state index >= 15 is 0 Å². The van der Waals surface area contributed by atoms with Crippen LogP contribution in [-0.2, 0) is 5.41 Å². The largest absolute Gasteiger partial charge is 0.586 e. The van der Waals surface area contributed by atoms with Gasteiger partial charge >= 0.3 is 6.29 Å². The predicted molar refractivity (Wildman–Crippen MR) is 99.1 cm³/mol. The number of pyridine rings is 2. The van der Waals surface area contributed by atoms with E-state index in [4.69, 9.17) is 4.74 Å². The molecule has 0 saturated carbocycles. The Kier molecular flexibility index (Phi) is 3.69. The predicted octanol–water partition coefficient (Wildman–Crippen LogP) is 4.96. The summed E-state index contributed by atoms with van der Waals surface area (Å²) in [6.45, 7) is 0. The highest BCUT2D eigenvalue weighted by Gasteiger charge is 2.47. The van der Waals surface area contributed by atoms with Gasteiger partial charge in [-0.05, 0) is 60.4 Å². The van der Waals surface area contributed by atoms with Gasteiger partial charge in [0.15, 0.2) is 11.5 Å². The lowest BCUT2D eigenvalue weighted by molar-refractivity contribution is -0.286. The molecule has 3 heterocycles. The SMILES string of the molecule is FC1(F)Oc2ccc(C3(c4ccccn4)CCC=C3c3ccccn3)cc2O1. The van der Waals surface area contributed by atoms with Crippen LogP contribution in [0.25, 0.3) is 5.57 Å². The number of halogens is 2. The van der Waals surface area contributed by atoms with Gasteiger partial charge in [0.1, 0.15) is 0 Å². The number of nitrogens with zero attached hydrogens (tertiary/aromatic N) is 2. The Bertz CT molecular complexity index is 1050. The molecule has 1 unspecified atom stereocenters. The number of allylic oxidation sites excluding steroid dienone is 2. The van der Waals surface area contributed by atoms with Crippen LogP contribution < -0.4 is 9.47 Å². The van der Waals surface area contributed by atoms with Crippen LogP contribution in [0.2, 0.25) is 0 Å². The third-order valence-electron chi connectivity index (χ3n) is 5.26. The maximum absolute atomic E-state index is 13.5. The highest BCUT2D eigenvalue weighted by atomic mass is 19.3. The summed E-state index contributed by atoms with van der Waals surface area (Å²) in [7, 11) is 0. The molecule has 1 aliphatic carbocycles. The van der Waals surface area contributed by atoms with Gasteiger partial charge in [-0.3, -0.25) is 9.97 Å². The summed E-state index contributed by atoms with van der Waals surface area (Å²) in [5.41, 5.74) is 2.91. The average Bonchev–Trinajstić information content (AvgIpc) is 3.29. The Hall–Kier alpha value is -3.28. The fraction of sp³-hybridized carbons (Fsp3) is 0.182. The summed E-state index contributed by atoms with van der Waals surface area (Å²) in [6, 6.07) is 16.5. The molecule has 2 aliphatic rings. The van der Waals surface area contributed by atoms with Gasteiger partial charge in [0.25, 0.3) is 0 Å². The first-order valence-electron chi connectivity index (χ1n) is 9.02. The van der Waals surface area contributed by atoms with Crippen LogP contribution in [0, 0.1) is 0 Å². The molecule has 4 nitrogen and oxygen atoms in total. The standard InChI is InChI=1S/C22H16F2N2O2/c23-22(24)27-18-10-9-15(14-19(18)28-22)21(20-8-2-4-13-26-20)11-5-6-16(21)17-7-1-3-12-25-17/h1-4,6-10,12-14H,5,11H2. The first-order valence-corrected chi connectivity index (χ1v) is 9.02.